The summed E-state index contributed by atoms with van der Waals surface area (Å²) in [7, 11) is 1.38. The van der Waals surface area contributed by atoms with E-state index in [1.54, 1.807) is 12.1 Å². The molecule has 0 aliphatic carbocycles. The predicted octanol–water partition coefficient (Wildman–Crippen LogP) is 2.96. The van der Waals surface area contributed by atoms with E-state index in [-0.39, 0.29) is 18.1 Å². The van der Waals surface area contributed by atoms with E-state index < -0.39 is 5.60 Å². The Kier molecular flexibility index (Phi) is 6.42. The monoisotopic (exact) mass is 348 g/mol. The van der Waals surface area contributed by atoms with Crippen LogP contribution in [-0.4, -0.2) is 48.8 Å². The van der Waals surface area contributed by atoms with Crippen LogP contribution in [0.3, 0.4) is 0 Å². The summed E-state index contributed by atoms with van der Waals surface area (Å²) in [5.41, 5.74) is 1.25. The molecule has 2 rings (SSSR count). The Morgan fingerprint density at radius 3 is 2.28 bits per heavy atom. The second-order valence-corrected chi connectivity index (χ2v) is 7.39. The molecular weight excluding hydrogens is 320 g/mol. The summed E-state index contributed by atoms with van der Waals surface area (Å²) in [6.07, 6.45) is 1.46. The van der Waals surface area contributed by atoms with Gasteiger partial charge in [-0.25, -0.2) is 9.59 Å². The number of piperidine rings is 1. The smallest absolute Gasteiger partial charge is 0.407 e. The molecule has 1 amide bonds. The maximum atomic E-state index is 11.8. The number of ether oxygens (including phenoxy) is 2. The van der Waals surface area contributed by atoms with Crippen molar-refractivity contribution in [2.75, 3.05) is 20.2 Å². The number of nitrogens with zero attached hydrogens (tertiary/aromatic N) is 1. The van der Waals surface area contributed by atoms with Crippen LogP contribution in [0.25, 0.3) is 0 Å². The Labute approximate surface area is 149 Å². The standard InChI is InChI=1S/C19H28N2O4/c1-19(2,3)25-18(23)20-16-9-11-21(12-10-16)13-14-5-7-15(8-6-14)17(22)24-4/h5-8,16H,9-13H2,1-4H3,(H,20,23). The zero-order chi connectivity index (χ0) is 18.4. The van der Waals surface area contributed by atoms with E-state index in [1.165, 1.54) is 7.11 Å². The lowest BCUT2D eigenvalue weighted by atomic mass is 10.0. The molecule has 1 heterocycles. The van der Waals surface area contributed by atoms with Crippen LogP contribution in [-0.2, 0) is 16.0 Å². The second-order valence-electron chi connectivity index (χ2n) is 7.39. The van der Waals surface area contributed by atoms with Crippen LogP contribution in [0.2, 0.25) is 0 Å². The van der Waals surface area contributed by atoms with Gasteiger partial charge in [-0.05, 0) is 51.3 Å². The van der Waals surface area contributed by atoms with E-state index in [1.807, 2.05) is 32.9 Å². The lowest BCUT2D eigenvalue weighted by molar-refractivity contribution is 0.0476. The van der Waals surface area contributed by atoms with E-state index in [2.05, 4.69) is 10.2 Å². The van der Waals surface area contributed by atoms with Crippen molar-refractivity contribution in [1.29, 1.82) is 0 Å². The number of benzene rings is 1. The first kappa shape index (κ1) is 19.2. The Bertz CT molecular complexity index is 584. The van der Waals surface area contributed by atoms with Crippen LogP contribution < -0.4 is 5.32 Å². The van der Waals surface area contributed by atoms with E-state index in [0.717, 1.165) is 38.0 Å². The molecule has 1 saturated heterocycles. The number of nitrogens with one attached hydrogen (secondary N) is 1. The fraction of sp³-hybridized carbons (Fsp3) is 0.579. The Morgan fingerprint density at radius 2 is 1.76 bits per heavy atom. The Balaban J connectivity index is 1.77. The average Bonchev–Trinajstić information content (AvgIpc) is 2.55. The zero-order valence-corrected chi connectivity index (χ0v) is 15.5. The van der Waals surface area contributed by atoms with Gasteiger partial charge in [0.25, 0.3) is 0 Å². The van der Waals surface area contributed by atoms with Crippen molar-refractivity contribution >= 4 is 12.1 Å². The van der Waals surface area contributed by atoms with Gasteiger partial charge < -0.3 is 14.8 Å². The van der Waals surface area contributed by atoms with Gasteiger partial charge in [0.05, 0.1) is 12.7 Å². The molecule has 0 radical (unpaired) electrons. The van der Waals surface area contributed by atoms with E-state index in [0.29, 0.717) is 5.56 Å². The molecule has 0 saturated carbocycles. The third kappa shape index (κ3) is 6.38. The fourth-order valence-corrected chi connectivity index (χ4v) is 2.83. The van der Waals surface area contributed by atoms with Crippen LogP contribution in [0.1, 0.15) is 49.5 Å². The highest BCUT2D eigenvalue weighted by molar-refractivity contribution is 5.89. The molecule has 0 unspecified atom stereocenters. The number of carbonyl (C=O) groups excluding carboxylic acids is 2. The van der Waals surface area contributed by atoms with Crippen molar-refractivity contribution < 1.29 is 19.1 Å². The molecule has 1 fully saturated rings. The maximum Gasteiger partial charge on any atom is 0.407 e. The summed E-state index contributed by atoms with van der Waals surface area (Å²) in [6, 6.07) is 7.65. The molecule has 1 aromatic carbocycles. The van der Waals surface area contributed by atoms with Crippen molar-refractivity contribution in [3.8, 4) is 0 Å². The van der Waals surface area contributed by atoms with Crippen molar-refractivity contribution in [1.82, 2.24) is 10.2 Å². The highest BCUT2D eigenvalue weighted by Gasteiger charge is 2.23. The molecule has 0 atom stereocenters. The predicted molar refractivity (Wildman–Crippen MR) is 95.5 cm³/mol. The van der Waals surface area contributed by atoms with Crippen molar-refractivity contribution in [3.63, 3.8) is 0 Å². The highest BCUT2D eigenvalue weighted by Crippen LogP contribution is 2.16. The largest absolute Gasteiger partial charge is 0.465 e. The number of amides is 1. The number of hydrogen-bond donors (Lipinski definition) is 1. The topological polar surface area (TPSA) is 67.9 Å². The number of methoxy groups -OCH3 is 1. The zero-order valence-electron chi connectivity index (χ0n) is 15.5. The van der Waals surface area contributed by atoms with Gasteiger partial charge in [0.1, 0.15) is 5.60 Å². The van der Waals surface area contributed by atoms with Crippen LogP contribution in [0, 0.1) is 0 Å². The summed E-state index contributed by atoms with van der Waals surface area (Å²) < 4.78 is 10.0. The summed E-state index contributed by atoms with van der Waals surface area (Å²) in [4.78, 5) is 25.6. The summed E-state index contributed by atoms with van der Waals surface area (Å²) in [6.45, 7) is 8.25. The summed E-state index contributed by atoms with van der Waals surface area (Å²) in [5.74, 6) is -0.319. The average molecular weight is 348 g/mol. The number of hydrogen-bond acceptors (Lipinski definition) is 5. The fourth-order valence-electron chi connectivity index (χ4n) is 2.83. The molecule has 0 spiro atoms. The lowest BCUT2D eigenvalue weighted by Gasteiger charge is -2.32. The number of esters is 1. The minimum atomic E-state index is -0.471. The maximum absolute atomic E-state index is 11.8. The molecule has 25 heavy (non-hydrogen) atoms. The Hall–Kier alpha value is -2.08. The van der Waals surface area contributed by atoms with Crippen LogP contribution in [0.5, 0.6) is 0 Å². The van der Waals surface area contributed by atoms with Gasteiger partial charge in [0.2, 0.25) is 0 Å². The normalized spacial score (nSPS) is 16.3. The first-order valence-corrected chi connectivity index (χ1v) is 8.66. The molecule has 1 aromatic rings. The molecule has 6 nitrogen and oxygen atoms in total. The van der Waals surface area contributed by atoms with Gasteiger partial charge >= 0.3 is 12.1 Å². The Morgan fingerprint density at radius 1 is 1.16 bits per heavy atom. The lowest BCUT2D eigenvalue weighted by Crippen LogP contribution is -2.45. The molecular formula is C19H28N2O4. The van der Waals surface area contributed by atoms with E-state index >= 15 is 0 Å². The molecule has 138 valence electrons. The number of likely N-dealkylation sites (tertiary alicyclic amines) is 1. The SMILES string of the molecule is COC(=O)c1ccc(CN2CCC(NC(=O)OC(C)(C)C)CC2)cc1. The number of rotatable bonds is 4. The first-order valence-electron chi connectivity index (χ1n) is 8.66. The molecule has 6 heteroatoms. The quantitative estimate of drug-likeness (QED) is 0.847. The summed E-state index contributed by atoms with van der Waals surface area (Å²) in [5, 5.41) is 2.95. The van der Waals surface area contributed by atoms with Crippen molar-refractivity contribution in [3.05, 3.63) is 35.4 Å². The van der Waals surface area contributed by atoms with Crippen LogP contribution >= 0.6 is 0 Å². The van der Waals surface area contributed by atoms with Crippen LogP contribution in [0.4, 0.5) is 4.79 Å². The number of carbonyl (C=O) groups is 2. The minimum absolute atomic E-state index is 0.160. The third-order valence-electron chi connectivity index (χ3n) is 4.09. The third-order valence-corrected chi connectivity index (χ3v) is 4.09. The minimum Gasteiger partial charge on any atom is -0.465 e. The van der Waals surface area contributed by atoms with Crippen molar-refractivity contribution in [2.45, 2.75) is 51.8 Å². The molecule has 1 N–H and O–H groups in total. The first-order chi connectivity index (χ1) is 11.8. The van der Waals surface area contributed by atoms with Crippen molar-refractivity contribution in [2.24, 2.45) is 0 Å². The van der Waals surface area contributed by atoms with Gasteiger partial charge in [0, 0.05) is 25.7 Å². The van der Waals surface area contributed by atoms with Gasteiger partial charge in [-0.3, -0.25) is 4.90 Å². The molecule has 1 aliphatic heterocycles. The van der Waals surface area contributed by atoms with Gasteiger partial charge in [0.15, 0.2) is 0 Å². The van der Waals surface area contributed by atoms with Gasteiger partial charge in [-0.2, -0.15) is 0 Å². The molecule has 0 bridgehead atoms. The highest BCUT2D eigenvalue weighted by atomic mass is 16.6. The molecule has 1 aliphatic rings. The number of alkyl carbamates (subject to hydrolysis) is 1. The summed E-state index contributed by atoms with van der Waals surface area (Å²) >= 11 is 0. The van der Waals surface area contributed by atoms with E-state index in [4.69, 9.17) is 9.47 Å². The van der Waals surface area contributed by atoms with Gasteiger partial charge in [-0.15, -0.1) is 0 Å². The van der Waals surface area contributed by atoms with Gasteiger partial charge in [-0.1, -0.05) is 12.1 Å². The second kappa shape index (κ2) is 8.34. The van der Waals surface area contributed by atoms with Crippen LogP contribution in [0.15, 0.2) is 24.3 Å². The van der Waals surface area contributed by atoms with E-state index in [9.17, 15) is 9.59 Å². The molecule has 0 aromatic heterocycles.